The average molecular weight is 401 g/mol. The number of anilines is 2. The molecule has 1 aliphatic heterocycles. The van der Waals surface area contributed by atoms with Crippen LogP contribution >= 0.6 is 22.9 Å². The summed E-state index contributed by atoms with van der Waals surface area (Å²) in [7, 11) is 0. The molecule has 8 heteroatoms. The quantitative estimate of drug-likeness (QED) is 0.651. The summed E-state index contributed by atoms with van der Waals surface area (Å²) in [5, 5.41) is 8.54. The number of fused-ring (bicyclic) bond motifs is 1. The van der Waals surface area contributed by atoms with E-state index < -0.39 is 0 Å². The van der Waals surface area contributed by atoms with Crippen molar-refractivity contribution in [2.45, 2.75) is 25.8 Å². The molecule has 3 aromatic rings. The fourth-order valence-corrected chi connectivity index (χ4v) is 4.01. The predicted molar refractivity (Wildman–Crippen MR) is 107 cm³/mol. The van der Waals surface area contributed by atoms with Crippen molar-refractivity contribution in [2.24, 2.45) is 0 Å². The Morgan fingerprint density at radius 3 is 2.96 bits per heavy atom. The lowest BCUT2D eigenvalue weighted by Crippen LogP contribution is -2.12. The van der Waals surface area contributed by atoms with Crippen LogP contribution in [0.4, 0.5) is 10.8 Å². The van der Waals surface area contributed by atoms with Crippen molar-refractivity contribution in [2.75, 3.05) is 10.6 Å². The fourth-order valence-electron chi connectivity index (χ4n) is 3.02. The Morgan fingerprint density at radius 2 is 2.15 bits per heavy atom. The van der Waals surface area contributed by atoms with Gasteiger partial charge < -0.3 is 15.2 Å². The molecule has 0 aliphatic carbocycles. The van der Waals surface area contributed by atoms with Gasteiger partial charge in [0.05, 0.1) is 17.1 Å². The SMILES string of the molecule is O=C(CCCn1cccc1)Nc1nc(-c2cc3c(cc2Cl)NC(=O)C3)cs1. The van der Waals surface area contributed by atoms with Crippen molar-refractivity contribution in [3.05, 3.63) is 52.6 Å². The molecule has 1 aromatic carbocycles. The van der Waals surface area contributed by atoms with Crippen LogP contribution in [0.2, 0.25) is 5.02 Å². The van der Waals surface area contributed by atoms with Gasteiger partial charge in [0.15, 0.2) is 5.13 Å². The van der Waals surface area contributed by atoms with E-state index in [9.17, 15) is 9.59 Å². The first-order chi connectivity index (χ1) is 13.1. The van der Waals surface area contributed by atoms with E-state index in [0.717, 1.165) is 29.8 Å². The molecule has 2 amide bonds. The van der Waals surface area contributed by atoms with Crippen molar-refractivity contribution in [1.82, 2.24) is 9.55 Å². The number of benzene rings is 1. The van der Waals surface area contributed by atoms with Crippen LogP contribution in [0.1, 0.15) is 18.4 Å². The average Bonchev–Trinajstić information content (AvgIpc) is 3.35. The minimum absolute atomic E-state index is 0.0376. The smallest absolute Gasteiger partial charge is 0.228 e. The number of aromatic nitrogens is 2. The van der Waals surface area contributed by atoms with E-state index in [-0.39, 0.29) is 11.8 Å². The van der Waals surface area contributed by atoms with E-state index in [0.29, 0.717) is 28.7 Å². The van der Waals surface area contributed by atoms with E-state index in [4.69, 9.17) is 11.6 Å². The van der Waals surface area contributed by atoms with Crippen LogP contribution in [0.3, 0.4) is 0 Å². The molecule has 0 saturated carbocycles. The summed E-state index contributed by atoms with van der Waals surface area (Å²) >= 11 is 7.70. The van der Waals surface area contributed by atoms with Gasteiger partial charge in [0.2, 0.25) is 11.8 Å². The number of hydrogen-bond donors (Lipinski definition) is 2. The summed E-state index contributed by atoms with van der Waals surface area (Å²) < 4.78 is 2.05. The van der Waals surface area contributed by atoms with Crippen LogP contribution in [0.25, 0.3) is 11.3 Å². The molecule has 0 bridgehead atoms. The van der Waals surface area contributed by atoms with Crippen LogP contribution in [0.5, 0.6) is 0 Å². The summed E-state index contributed by atoms with van der Waals surface area (Å²) in [6, 6.07) is 7.56. The van der Waals surface area contributed by atoms with E-state index in [1.165, 1.54) is 11.3 Å². The third kappa shape index (κ3) is 4.04. The van der Waals surface area contributed by atoms with Crippen LogP contribution in [-0.4, -0.2) is 21.4 Å². The number of amides is 2. The van der Waals surface area contributed by atoms with E-state index in [2.05, 4.69) is 15.6 Å². The zero-order chi connectivity index (χ0) is 18.8. The zero-order valence-corrected chi connectivity index (χ0v) is 15.9. The molecular weight excluding hydrogens is 384 g/mol. The highest BCUT2D eigenvalue weighted by Gasteiger charge is 2.21. The monoisotopic (exact) mass is 400 g/mol. The van der Waals surface area contributed by atoms with Gasteiger partial charge in [-0.05, 0) is 36.2 Å². The van der Waals surface area contributed by atoms with Crippen LogP contribution in [-0.2, 0) is 22.6 Å². The molecule has 0 radical (unpaired) electrons. The third-order valence-electron chi connectivity index (χ3n) is 4.33. The molecule has 4 rings (SSSR count). The summed E-state index contributed by atoms with van der Waals surface area (Å²) in [5.41, 5.74) is 3.11. The Bertz CT molecular complexity index is 997. The molecule has 2 aromatic heterocycles. The van der Waals surface area contributed by atoms with Crippen molar-refractivity contribution in [3.8, 4) is 11.3 Å². The van der Waals surface area contributed by atoms with Crippen LogP contribution in [0, 0.1) is 0 Å². The molecule has 0 saturated heterocycles. The van der Waals surface area contributed by atoms with E-state index >= 15 is 0 Å². The van der Waals surface area contributed by atoms with Crippen molar-refractivity contribution >= 4 is 45.6 Å². The lowest BCUT2D eigenvalue weighted by molar-refractivity contribution is -0.116. The first-order valence-electron chi connectivity index (χ1n) is 8.57. The summed E-state index contributed by atoms with van der Waals surface area (Å²) in [6.45, 7) is 0.807. The van der Waals surface area contributed by atoms with Gasteiger partial charge in [-0.25, -0.2) is 4.98 Å². The highest BCUT2D eigenvalue weighted by atomic mass is 35.5. The zero-order valence-electron chi connectivity index (χ0n) is 14.4. The van der Waals surface area contributed by atoms with Crippen LogP contribution in [0.15, 0.2) is 42.0 Å². The number of carbonyl (C=O) groups excluding carboxylic acids is 2. The maximum atomic E-state index is 12.1. The van der Waals surface area contributed by atoms with Gasteiger partial charge in [0, 0.05) is 42.0 Å². The Labute approximate surface area is 165 Å². The van der Waals surface area contributed by atoms with Gasteiger partial charge in [0.25, 0.3) is 0 Å². The molecule has 0 fully saturated rings. The number of halogens is 1. The third-order valence-corrected chi connectivity index (χ3v) is 5.40. The highest BCUT2D eigenvalue weighted by Crippen LogP contribution is 2.36. The Hall–Kier alpha value is -2.64. The Morgan fingerprint density at radius 1 is 1.33 bits per heavy atom. The molecule has 138 valence electrons. The minimum Gasteiger partial charge on any atom is -0.354 e. The number of nitrogens with zero attached hydrogens (tertiary/aromatic N) is 2. The van der Waals surface area contributed by atoms with Crippen molar-refractivity contribution < 1.29 is 9.59 Å². The first kappa shape index (κ1) is 17.8. The van der Waals surface area contributed by atoms with Gasteiger partial charge in [-0.1, -0.05) is 11.6 Å². The molecule has 27 heavy (non-hydrogen) atoms. The van der Waals surface area contributed by atoms with Gasteiger partial charge >= 0.3 is 0 Å². The van der Waals surface area contributed by atoms with Gasteiger partial charge in [-0.2, -0.15) is 0 Å². The summed E-state index contributed by atoms with van der Waals surface area (Å²) in [5.74, 6) is -0.0951. The molecule has 2 N–H and O–H groups in total. The number of rotatable bonds is 6. The molecular formula is C19H17ClN4O2S. The summed E-state index contributed by atoms with van der Waals surface area (Å²) in [6.07, 6.45) is 5.49. The topological polar surface area (TPSA) is 76.0 Å². The molecule has 0 unspecified atom stereocenters. The predicted octanol–water partition coefficient (Wildman–Crippen LogP) is 4.18. The second kappa shape index (κ2) is 7.54. The second-order valence-electron chi connectivity index (χ2n) is 6.32. The maximum absolute atomic E-state index is 12.1. The molecule has 0 atom stereocenters. The lowest BCUT2D eigenvalue weighted by Gasteiger charge is -2.05. The number of carbonyl (C=O) groups is 2. The van der Waals surface area contributed by atoms with Crippen molar-refractivity contribution in [3.63, 3.8) is 0 Å². The fraction of sp³-hybridized carbons (Fsp3) is 0.211. The maximum Gasteiger partial charge on any atom is 0.228 e. The van der Waals surface area contributed by atoms with E-state index in [1.807, 2.05) is 40.5 Å². The number of aryl methyl sites for hydroxylation is 1. The second-order valence-corrected chi connectivity index (χ2v) is 7.59. The Kier molecular flexibility index (Phi) is 4.96. The largest absolute Gasteiger partial charge is 0.354 e. The molecule has 0 spiro atoms. The molecule has 6 nitrogen and oxygen atoms in total. The Balaban J connectivity index is 1.39. The number of hydrogen-bond acceptors (Lipinski definition) is 4. The van der Waals surface area contributed by atoms with Crippen molar-refractivity contribution in [1.29, 1.82) is 0 Å². The summed E-state index contributed by atoms with van der Waals surface area (Å²) in [4.78, 5) is 28.1. The number of thiazole rings is 1. The molecule has 1 aliphatic rings. The molecule has 3 heterocycles. The number of nitrogens with one attached hydrogen (secondary N) is 2. The highest BCUT2D eigenvalue weighted by molar-refractivity contribution is 7.14. The van der Waals surface area contributed by atoms with Crippen LogP contribution < -0.4 is 10.6 Å². The lowest BCUT2D eigenvalue weighted by atomic mass is 10.1. The van der Waals surface area contributed by atoms with Gasteiger partial charge in [-0.15, -0.1) is 11.3 Å². The van der Waals surface area contributed by atoms with Gasteiger partial charge in [-0.3, -0.25) is 9.59 Å². The normalized spacial score (nSPS) is 12.7. The van der Waals surface area contributed by atoms with E-state index in [1.54, 1.807) is 6.07 Å². The standard InChI is InChI=1S/C19H17ClN4O2S/c20-14-10-15-12(9-18(26)21-15)8-13(14)16-11-27-19(22-16)23-17(25)4-3-7-24-5-1-2-6-24/h1-2,5-6,8,10-11H,3-4,7,9H2,(H,21,26)(H,22,23,25). The first-order valence-corrected chi connectivity index (χ1v) is 9.83. The van der Waals surface area contributed by atoms with Gasteiger partial charge in [0.1, 0.15) is 0 Å². The minimum atomic E-state index is -0.0575.